The van der Waals surface area contributed by atoms with Crippen LogP contribution in [0.25, 0.3) is 11.0 Å². The van der Waals surface area contributed by atoms with Crippen LogP contribution in [0.4, 0.5) is 0 Å². The fourth-order valence-corrected chi connectivity index (χ4v) is 2.72. The minimum Gasteiger partial charge on any atom is -0.480 e. The summed E-state index contributed by atoms with van der Waals surface area (Å²) in [7, 11) is 0. The van der Waals surface area contributed by atoms with E-state index in [4.69, 9.17) is 0 Å². The lowest BCUT2D eigenvalue weighted by Crippen LogP contribution is -2.22. The summed E-state index contributed by atoms with van der Waals surface area (Å²) in [5.74, 6) is -1.28. The van der Waals surface area contributed by atoms with Crippen molar-refractivity contribution in [1.29, 1.82) is 0 Å². The monoisotopic (exact) mass is 372 g/mol. The number of fused-ring (bicyclic) bond motifs is 1. The van der Waals surface area contributed by atoms with E-state index >= 15 is 0 Å². The SMILES string of the molecule is O=C(CC(C(=O)O)n1cnc2ccccc21)c1ccc(Br)cc1. The van der Waals surface area contributed by atoms with E-state index in [1.165, 1.54) is 10.9 Å². The number of halogens is 1. The summed E-state index contributed by atoms with van der Waals surface area (Å²) >= 11 is 3.31. The lowest BCUT2D eigenvalue weighted by atomic mass is 10.0. The Hall–Kier alpha value is -2.47. The fourth-order valence-electron chi connectivity index (χ4n) is 2.46. The third kappa shape index (κ3) is 3.17. The van der Waals surface area contributed by atoms with Crippen LogP contribution in [0, 0.1) is 0 Å². The van der Waals surface area contributed by atoms with E-state index in [0.29, 0.717) is 16.6 Å². The third-order valence-corrected chi connectivity index (χ3v) is 4.18. The Morgan fingerprint density at radius 2 is 1.83 bits per heavy atom. The number of carboxylic acids is 1. The molecule has 0 saturated heterocycles. The maximum atomic E-state index is 12.4. The van der Waals surface area contributed by atoms with E-state index < -0.39 is 12.0 Å². The maximum Gasteiger partial charge on any atom is 0.327 e. The lowest BCUT2D eigenvalue weighted by Gasteiger charge is -2.14. The minimum absolute atomic E-state index is 0.128. The number of ketones is 1. The summed E-state index contributed by atoms with van der Waals surface area (Å²) in [6.45, 7) is 0. The molecule has 1 unspecified atom stereocenters. The predicted molar refractivity (Wildman–Crippen MR) is 89.5 cm³/mol. The number of carbonyl (C=O) groups excluding carboxylic acids is 1. The third-order valence-electron chi connectivity index (χ3n) is 3.65. The number of Topliss-reactive ketones (excluding diaryl/α,β-unsaturated/α-hetero) is 1. The zero-order valence-corrected chi connectivity index (χ0v) is 13.6. The Kier molecular flexibility index (Phi) is 4.25. The van der Waals surface area contributed by atoms with Crippen molar-refractivity contribution in [3.8, 4) is 0 Å². The van der Waals surface area contributed by atoms with Gasteiger partial charge >= 0.3 is 5.97 Å². The molecule has 0 aliphatic rings. The smallest absolute Gasteiger partial charge is 0.327 e. The molecule has 0 aliphatic heterocycles. The molecule has 0 bridgehead atoms. The highest BCUT2D eigenvalue weighted by Crippen LogP contribution is 2.22. The van der Waals surface area contributed by atoms with Gasteiger partial charge in [0.25, 0.3) is 0 Å². The van der Waals surface area contributed by atoms with Gasteiger partial charge in [0, 0.05) is 16.5 Å². The molecule has 2 aromatic carbocycles. The highest BCUT2D eigenvalue weighted by molar-refractivity contribution is 9.10. The van der Waals surface area contributed by atoms with Crippen LogP contribution in [0.5, 0.6) is 0 Å². The molecule has 6 heteroatoms. The van der Waals surface area contributed by atoms with Crippen LogP contribution >= 0.6 is 15.9 Å². The van der Waals surface area contributed by atoms with Crippen LogP contribution in [-0.2, 0) is 4.79 Å². The van der Waals surface area contributed by atoms with Crippen molar-refractivity contribution >= 4 is 38.7 Å². The van der Waals surface area contributed by atoms with Gasteiger partial charge in [-0.05, 0) is 24.3 Å². The number of hydrogen-bond donors (Lipinski definition) is 1. The quantitative estimate of drug-likeness (QED) is 0.693. The van der Waals surface area contributed by atoms with Crippen LogP contribution in [0.1, 0.15) is 22.8 Å². The minimum atomic E-state index is -1.06. The molecule has 3 aromatic rings. The first-order valence-corrected chi connectivity index (χ1v) is 7.78. The first-order valence-electron chi connectivity index (χ1n) is 6.99. The summed E-state index contributed by atoms with van der Waals surface area (Å²) in [4.78, 5) is 28.2. The van der Waals surface area contributed by atoms with Crippen molar-refractivity contribution in [2.45, 2.75) is 12.5 Å². The summed E-state index contributed by atoms with van der Waals surface area (Å²) in [6, 6.07) is 13.1. The van der Waals surface area contributed by atoms with Gasteiger partial charge in [0.15, 0.2) is 5.78 Å². The molecule has 1 heterocycles. The molecule has 5 nitrogen and oxygen atoms in total. The molecular weight excluding hydrogens is 360 g/mol. The molecule has 116 valence electrons. The zero-order valence-electron chi connectivity index (χ0n) is 12.0. The Bertz CT molecular complexity index is 871. The van der Waals surface area contributed by atoms with Crippen molar-refractivity contribution in [2.75, 3.05) is 0 Å². The highest BCUT2D eigenvalue weighted by atomic mass is 79.9. The second-order valence-corrected chi connectivity index (χ2v) is 6.04. The standard InChI is InChI=1S/C17H13BrN2O3/c18-12-7-5-11(6-8-12)16(21)9-15(17(22)23)20-10-19-13-3-1-2-4-14(13)20/h1-8,10,15H,9H2,(H,22,23). The van der Waals surface area contributed by atoms with E-state index in [0.717, 1.165) is 4.47 Å². The number of para-hydroxylation sites is 2. The molecule has 3 rings (SSSR count). The normalized spacial score (nSPS) is 12.2. The molecular formula is C17H13BrN2O3. The number of nitrogens with zero attached hydrogens (tertiary/aromatic N) is 2. The van der Waals surface area contributed by atoms with Crippen LogP contribution < -0.4 is 0 Å². The molecule has 0 fully saturated rings. The van der Waals surface area contributed by atoms with Gasteiger partial charge in [-0.1, -0.05) is 40.2 Å². The van der Waals surface area contributed by atoms with E-state index in [1.54, 1.807) is 36.4 Å². The van der Waals surface area contributed by atoms with Crippen molar-refractivity contribution in [3.05, 3.63) is 64.9 Å². The molecule has 0 saturated carbocycles. The summed E-state index contributed by atoms with van der Waals surface area (Å²) in [5, 5.41) is 9.54. The van der Waals surface area contributed by atoms with Crippen LogP contribution in [0.15, 0.2) is 59.3 Å². The van der Waals surface area contributed by atoms with Crippen molar-refractivity contribution in [1.82, 2.24) is 9.55 Å². The zero-order chi connectivity index (χ0) is 16.4. The predicted octanol–water partition coefficient (Wildman–Crippen LogP) is 3.70. The van der Waals surface area contributed by atoms with Gasteiger partial charge < -0.3 is 9.67 Å². The molecule has 0 radical (unpaired) electrons. The van der Waals surface area contributed by atoms with Gasteiger partial charge in [-0.25, -0.2) is 9.78 Å². The largest absolute Gasteiger partial charge is 0.480 e. The van der Waals surface area contributed by atoms with Crippen LogP contribution in [0.2, 0.25) is 0 Å². The number of rotatable bonds is 5. The van der Waals surface area contributed by atoms with Gasteiger partial charge in [0.05, 0.1) is 17.4 Å². The molecule has 1 N–H and O–H groups in total. The summed E-state index contributed by atoms with van der Waals surface area (Å²) in [5.41, 5.74) is 1.89. The molecule has 0 amide bonds. The van der Waals surface area contributed by atoms with Gasteiger partial charge in [0.2, 0.25) is 0 Å². The van der Waals surface area contributed by atoms with Gasteiger partial charge in [-0.15, -0.1) is 0 Å². The number of carboxylic acid groups (broad SMARTS) is 1. The van der Waals surface area contributed by atoms with E-state index in [-0.39, 0.29) is 12.2 Å². The number of hydrogen-bond acceptors (Lipinski definition) is 3. The van der Waals surface area contributed by atoms with Crippen LogP contribution in [-0.4, -0.2) is 26.4 Å². The fraction of sp³-hybridized carbons (Fsp3) is 0.118. The molecule has 0 spiro atoms. The molecule has 1 atom stereocenters. The first kappa shape index (κ1) is 15.4. The maximum absolute atomic E-state index is 12.4. The van der Waals surface area contributed by atoms with Gasteiger partial charge in [-0.3, -0.25) is 4.79 Å². The highest BCUT2D eigenvalue weighted by Gasteiger charge is 2.25. The molecule has 23 heavy (non-hydrogen) atoms. The average Bonchev–Trinajstić information content (AvgIpc) is 2.96. The summed E-state index contributed by atoms with van der Waals surface area (Å²) in [6.07, 6.45) is 1.34. The molecule has 1 aromatic heterocycles. The van der Waals surface area contributed by atoms with E-state index in [2.05, 4.69) is 20.9 Å². The number of aromatic nitrogens is 2. The van der Waals surface area contributed by atoms with E-state index in [1.807, 2.05) is 12.1 Å². The van der Waals surface area contributed by atoms with Gasteiger partial charge in [-0.2, -0.15) is 0 Å². The first-order chi connectivity index (χ1) is 11.1. The average molecular weight is 373 g/mol. The van der Waals surface area contributed by atoms with E-state index in [9.17, 15) is 14.7 Å². The van der Waals surface area contributed by atoms with Crippen molar-refractivity contribution in [3.63, 3.8) is 0 Å². The Balaban J connectivity index is 1.92. The second kappa shape index (κ2) is 6.34. The number of benzene rings is 2. The Morgan fingerprint density at radius 3 is 2.52 bits per heavy atom. The van der Waals surface area contributed by atoms with Crippen LogP contribution in [0.3, 0.4) is 0 Å². The second-order valence-electron chi connectivity index (χ2n) is 5.13. The van der Waals surface area contributed by atoms with Crippen molar-refractivity contribution in [2.24, 2.45) is 0 Å². The van der Waals surface area contributed by atoms with Gasteiger partial charge in [0.1, 0.15) is 6.04 Å². The Morgan fingerprint density at radius 1 is 1.13 bits per heavy atom. The number of carbonyl (C=O) groups is 2. The number of aliphatic carboxylic acids is 1. The number of imidazole rings is 1. The van der Waals surface area contributed by atoms with Crippen molar-refractivity contribution < 1.29 is 14.7 Å². The molecule has 0 aliphatic carbocycles. The summed E-state index contributed by atoms with van der Waals surface area (Å²) < 4.78 is 2.40. The topological polar surface area (TPSA) is 72.2 Å². The Labute approximate surface area is 140 Å². The lowest BCUT2D eigenvalue weighted by molar-refractivity contribution is -0.140.